The van der Waals surface area contributed by atoms with Crippen molar-refractivity contribution in [2.24, 2.45) is 5.10 Å². The van der Waals surface area contributed by atoms with Crippen LogP contribution in [0.2, 0.25) is 5.15 Å². The molecule has 7 nitrogen and oxygen atoms in total. The quantitative estimate of drug-likeness (QED) is 0.429. The Labute approximate surface area is 143 Å². The lowest BCUT2D eigenvalue weighted by Crippen LogP contribution is -2.05. The van der Waals surface area contributed by atoms with E-state index >= 15 is 0 Å². The van der Waals surface area contributed by atoms with Crippen LogP contribution in [0, 0.1) is 0 Å². The Morgan fingerprint density at radius 1 is 1.16 bits per heavy atom. The third-order valence-corrected chi connectivity index (χ3v) is 3.04. The molecule has 0 spiro atoms. The number of rotatable bonds is 4. The Kier molecular flexibility index (Phi) is 4.61. The largest absolute Gasteiger partial charge is 0.417 e. The van der Waals surface area contributed by atoms with Crippen LogP contribution in [0.4, 0.5) is 19.0 Å². The third kappa shape index (κ3) is 4.29. The summed E-state index contributed by atoms with van der Waals surface area (Å²) in [7, 11) is 0. The number of alkyl halides is 3. The first-order chi connectivity index (χ1) is 11.9. The van der Waals surface area contributed by atoms with E-state index in [0.29, 0.717) is 11.9 Å². The van der Waals surface area contributed by atoms with Crippen LogP contribution in [-0.2, 0) is 6.18 Å². The predicted molar refractivity (Wildman–Crippen MR) is 83.0 cm³/mol. The van der Waals surface area contributed by atoms with Crippen LogP contribution in [0.1, 0.15) is 11.4 Å². The molecular formula is C14H8ClF3N6O. The molecule has 0 aromatic carbocycles. The SMILES string of the molecule is FC(F)(F)c1ccc(NN=Cc2noc(-c3cccc(Cl)n3)n2)nc1. The number of hydrazone groups is 1. The average molecular weight is 369 g/mol. The van der Waals surface area contributed by atoms with E-state index in [-0.39, 0.29) is 22.7 Å². The molecule has 0 atom stereocenters. The second kappa shape index (κ2) is 6.85. The number of aromatic nitrogens is 4. The zero-order chi connectivity index (χ0) is 17.9. The van der Waals surface area contributed by atoms with Crippen molar-refractivity contribution in [2.75, 3.05) is 5.43 Å². The van der Waals surface area contributed by atoms with Gasteiger partial charge in [0, 0.05) is 6.20 Å². The minimum absolute atomic E-state index is 0.129. The van der Waals surface area contributed by atoms with Crippen molar-refractivity contribution in [2.45, 2.75) is 6.18 Å². The first-order valence-corrected chi connectivity index (χ1v) is 7.08. The second-order valence-corrected chi connectivity index (χ2v) is 4.99. The van der Waals surface area contributed by atoms with Gasteiger partial charge in [-0.1, -0.05) is 22.8 Å². The van der Waals surface area contributed by atoms with Gasteiger partial charge in [0.05, 0.1) is 11.8 Å². The average Bonchev–Trinajstić information content (AvgIpc) is 3.03. The highest BCUT2D eigenvalue weighted by molar-refractivity contribution is 6.29. The monoisotopic (exact) mass is 368 g/mol. The summed E-state index contributed by atoms with van der Waals surface area (Å²) in [4.78, 5) is 11.7. The number of hydrogen-bond donors (Lipinski definition) is 1. The molecule has 0 aliphatic heterocycles. The lowest BCUT2D eigenvalue weighted by atomic mass is 10.3. The van der Waals surface area contributed by atoms with E-state index in [1.807, 2.05) is 0 Å². The molecular weight excluding hydrogens is 361 g/mol. The van der Waals surface area contributed by atoms with E-state index < -0.39 is 11.7 Å². The third-order valence-electron chi connectivity index (χ3n) is 2.83. The lowest BCUT2D eigenvalue weighted by molar-refractivity contribution is -0.137. The number of halogens is 4. The predicted octanol–water partition coefficient (Wildman–Crippen LogP) is 3.64. The molecule has 0 fully saturated rings. The van der Waals surface area contributed by atoms with Gasteiger partial charge < -0.3 is 4.52 Å². The van der Waals surface area contributed by atoms with Gasteiger partial charge in [-0.15, -0.1) is 0 Å². The minimum atomic E-state index is -4.44. The van der Waals surface area contributed by atoms with Gasteiger partial charge in [0.2, 0.25) is 5.82 Å². The van der Waals surface area contributed by atoms with Crippen LogP contribution >= 0.6 is 11.6 Å². The highest BCUT2D eigenvalue weighted by Crippen LogP contribution is 2.28. The normalized spacial score (nSPS) is 11.8. The van der Waals surface area contributed by atoms with Crippen molar-refractivity contribution in [3.05, 3.63) is 53.1 Å². The summed E-state index contributed by atoms with van der Waals surface area (Å²) < 4.78 is 42.3. The molecule has 3 heterocycles. The highest BCUT2D eigenvalue weighted by Gasteiger charge is 2.30. The van der Waals surface area contributed by atoms with Crippen molar-refractivity contribution < 1.29 is 17.7 Å². The van der Waals surface area contributed by atoms with E-state index in [1.165, 1.54) is 6.21 Å². The zero-order valence-corrected chi connectivity index (χ0v) is 13.0. The molecule has 25 heavy (non-hydrogen) atoms. The van der Waals surface area contributed by atoms with Crippen molar-refractivity contribution in [1.82, 2.24) is 20.1 Å². The molecule has 0 aliphatic carbocycles. The van der Waals surface area contributed by atoms with Gasteiger partial charge in [-0.25, -0.2) is 9.97 Å². The Morgan fingerprint density at radius 2 is 2.00 bits per heavy atom. The maximum atomic E-state index is 12.4. The maximum absolute atomic E-state index is 12.4. The van der Waals surface area contributed by atoms with Gasteiger partial charge in [0.25, 0.3) is 5.89 Å². The highest BCUT2D eigenvalue weighted by atomic mass is 35.5. The molecule has 0 saturated heterocycles. The van der Waals surface area contributed by atoms with Gasteiger partial charge in [-0.3, -0.25) is 5.43 Å². The molecule has 0 aliphatic rings. The maximum Gasteiger partial charge on any atom is 0.417 e. The minimum Gasteiger partial charge on any atom is -0.332 e. The van der Waals surface area contributed by atoms with Gasteiger partial charge in [-0.05, 0) is 24.3 Å². The molecule has 11 heteroatoms. The molecule has 0 amide bonds. The molecule has 0 saturated carbocycles. The molecule has 3 aromatic heterocycles. The topological polar surface area (TPSA) is 89.1 Å². The van der Waals surface area contributed by atoms with E-state index in [0.717, 1.165) is 12.1 Å². The van der Waals surface area contributed by atoms with Crippen LogP contribution in [0.3, 0.4) is 0 Å². The number of nitrogens with zero attached hydrogens (tertiary/aromatic N) is 5. The van der Waals surface area contributed by atoms with E-state index in [4.69, 9.17) is 16.1 Å². The molecule has 0 bridgehead atoms. The van der Waals surface area contributed by atoms with E-state index in [1.54, 1.807) is 18.2 Å². The summed E-state index contributed by atoms with van der Waals surface area (Å²) in [6, 6.07) is 6.97. The smallest absolute Gasteiger partial charge is 0.332 e. The number of anilines is 1. The van der Waals surface area contributed by atoms with Crippen molar-refractivity contribution in [3.8, 4) is 11.6 Å². The first kappa shape index (κ1) is 16.8. The summed E-state index contributed by atoms with van der Waals surface area (Å²) in [5.74, 6) is 0.414. The van der Waals surface area contributed by atoms with Crippen LogP contribution in [0.15, 0.2) is 46.2 Å². The van der Waals surface area contributed by atoms with Gasteiger partial charge >= 0.3 is 6.18 Å². The summed E-state index contributed by atoms with van der Waals surface area (Å²) in [6.07, 6.45) is -2.52. The standard InChI is InChI=1S/C14H8ClF3N6O/c15-10-3-1-2-9(21-10)13-22-12(24-25-13)7-20-23-11-5-4-8(6-19-11)14(16,17)18/h1-7H,(H,19,23). The van der Waals surface area contributed by atoms with Crippen molar-refractivity contribution in [1.29, 1.82) is 0 Å². The Hall–Kier alpha value is -3.01. The second-order valence-electron chi connectivity index (χ2n) is 4.60. The summed E-state index contributed by atoms with van der Waals surface area (Å²) >= 11 is 5.78. The van der Waals surface area contributed by atoms with E-state index in [9.17, 15) is 13.2 Å². The molecule has 0 radical (unpaired) electrons. The number of nitrogens with one attached hydrogen (secondary N) is 1. The first-order valence-electron chi connectivity index (χ1n) is 6.71. The van der Waals surface area contributed by atoms with Gasteiger partial charge in [0.1, 0.15) is 16.7 Å². The van der Waals surface area contributed by atoms with E-state index in [2.05, 4.69) is 30.6 Å². The van der Waals surface area contributed by atoms with Crippen LogP contribution in [-0.4, -0.2) is 26.3 Å². The Balaban J connectivity index is 1.65. The van der Waals surface area contributed by atoms with Crippen molar-refractivity contribution in [3.63, 3.8) is 0 Å². The van der Waals surface area contributed by atoms with Crippen LogP contribution in [0.5, 0.6) is 0 Å². The summed E-state index contributed by atoms with van der Waals surface area (Å²) in [5, 5.41) is 7.73. The zero-order valence-electron chi connectivity index (χ0n) is 12.2. The number of hydrogen-bond acceptors (Lipinski definition) is 7. The summed E-state index contributed by atoms with van der Waals surface area (Å²) in [5.41, 5.74) is 2.01. The van der Waals surface area contributed by atoms with Crippen molar-refractivity contribution >= 4 is 23.6 Å². The Bertz CT molecular complexity index is 894. The summed E-state index contributed by atoms with van der Waals surface area (Å²) in [6.45, 7) is 0. The van der Waals surface area contributed by atoms with Gasteiger partial charge in [-0.2, -0.15) is 23.3 Å². The fraction of sp³-hybridized carbons (Fsp3) is 0.0714. The lowest BCUT2D eigenvalue weighted by Gasteiger charge is -2.05. The molecule has 0 unspecified atom stereocenters. The molecule has 3 rings (SSSR count). The fourth-order valence-electron chi connectivity index (χ4n) is 1.70. The van der Waals surface area contributed by atoms with Crippen LogP contribution in [0.25, 0.3) is 11.6 Å². The Morgan fingerprint density at radius 3 is 2.68 bits per heavy atom. The fourth-order valence-corrected chi connectivity index (χ4v) is 1.87. The van der Waals surface area contributed by atoms with Crippen LogP contribution < -0.4 is 5.43 Å². The molecule has 3 aromatic rings. The molecule has 1 N–H and O–H groups in total. The number of pyridine rings is 2. The molecule has 128 valence electrons. The van der Waals surface area contributed by atoms with Gasteiger partial charge in [0.15, 0.2) is 0 Å².